The summed E-state index contributed by atoms with van der Waals surface area (Å²) in [6.45, 7) is 4.13. The molecule has 3 heteroatoms. The average molecular weight is 289 g/mol. The summed E-state index contributed by atoms with van der Waals surface area (Å²) in [4.78, 5) is 0. The lowest BCUT2D eigenvalue weighted by molar-refractivity contribution is -0.00819. The molecule has 0 bridgehead atoms. The Balaban J connectivity index is 1.73. The highest BCUT2D eigenvalue weighted by molar-refractivity contribution is 5.31. The van der Waals surface area contributed by atoms with Crippen molar-refractivity contribution in [3.8, 4) is 5.75 Å². The number of hydrogen-bond donors (Lipinski definition) is 1. The molecule has 0 aromatic heterocycles. The molecule has 2 unspecified atom stereocenters. The third-order valence-electron chi connectivity index (χ3n) is 4.25. The minimum absolute atomic E-state index is 0.285. The fourth-order valence-corrected chi connectivity index (χ4v) is 2.95. The van der Waals surface area contributed by atoms with Gasteiger partial charge in [0.1, 0.15) is 5.75 Å². The van der Waals surface area contributed by atoms with Gasteiger partial charge >= 0.3 is 0 Å². The minimum Gasteiger partial charge on any atom is -0.490 e. The maximum absolute atomic E-state index is 6.02. The monoisotopic (exact) mass is 289 g/mol. The summed E-state index contributed by atoms with van der Waals surface area (Å²) in [5, 5.41) is 3.67. The molecule has 1 saturated heterocycles. The van der Waals surface area contributed by atoms with Gasteiger partial charge in [0.05, 0.1) is 18.2 Å². The van der Waals surface area contributed by atoms with E-state index in [0.717, 1.165) is 31.7 Å². The van der Waals surface area contributed by atoms with E-state index in [1.807, 2.05) is 0 Å². The molecule has 3 rings (SSSR count). The van der Waals surface area contributed by atoms with Crippen molar-refractivity contribution in [3.05, 3.63) is 29.8 Å². The van der Waals surface area contributed by atoms with E-state index in [4.69, 9.17) is 9.47 Å². The molecular weight excluding hydrogens is 262 g/mol. The van der Waals surface area contributed by atoms with Crippen LogP contribution >= 0.6 is 0 Å². The Morgan fingerprint density at radius 2 is 2.19 bits per heavy atom. The van der Waals surface area contributed by atoms with Gasteiger partial charge in [0, 0.05) is 6.61 Å². The van der Waals surface area contributed by atoms with Crippen molar-refractivity contribution in [2.45, 2.75) is 63.7 Å². The molecule has 1 aliphatic carbocycles. The van der Waals surface area contributed by atoms with E-state index in [9.17, 15) is 0 Å². The molecule has 1 aliphatic heterocycles. The van der Waals surface area contributed by atoms with Crippen LogP contribution in [0, 0.1) is 0 Å². The maximum Gasteiger partial charge on any atom is 0.120 e. The van der Waals surface area contributed by atoms with E-state index in [1.54, 1.807) is 0 Å². The number of nitrogens with one attached hydrogen (secondary N) is 1. The normalized spacial score (nSPS) is 23.8. The lowest BCUT2D eigenvalue weighted by Gasteiger charge is -2.31. The SMILES string of the molecule is CCCNC(c1cccc(OC2CC2)c1)C1CCCCO1. The molecule has 1 N–H and O–H groups in total. The third kappa shape index (κ3) is 4.21. The van der Waals surface area contributed by atoms with Gasteiger partial charge in [-0.15, -0.1) is 0 Å². The first kappa shape index (κ1) is 14.9. The zero-order valence-electron chi connectivity index (χ0n) is 13.0. The topological polar surface area (TPSA) is 30.5 Å². The van der Waals surface area contributed by atoms with Gasteiger partial charge in [-0.2, -0.15) is 0 Å². The molecule has 0 amide bonds. The Labute approximate surface area is 128 Å². The van der Waals surface area contributed by atoms with Crippen LogP contribution < -0.4 is 10.1 Å². The van der Waals surface area contributed by atoms with Crippen molar-refractivity contribution in [2.24, 2.45) is 0 Å². The quantitative estimate of drug-likeness (QED) is 0.827. The maximum atomic E-state index is 6.02. The molecule has 2 atom stereocenters. The van der Waals surface area contributed by atoms with Crippen LogP contribution in [0.3, 0.4) is 0 Å². The van der Waals surface area contributed by atoms with Crippen LogP contribution in [0.1, 0.15) is 57.1 Å². The number of rotatable bonds is 7. The van der Waals surface area contributed by atoms with Gasteiger partial charge in [-0.05, 0) is 62.8 Å². The zero-order chi connectivity index (χ0) is 14.5. The lowest BCUT2D eigenvalue weighted by Crippen LogP contribution is -2.36. The summed E-state index contributed by atoms with van der Waals surface area (Å²) in [5.41, 5.74) is 1.30. The second kappa shape index (κ2) is 7.28. The Hall–Kier alpha value is -1.06. The van der Waals surface area contributed by atoms with Gasteiger partial charge in [0.15, 0.2) is 0 Å². The van der Waals surface area contributed by atoms with Crippen LogP contribution in [0.25, 0.3) is 0 Å². The molecule has 21 heavy (non-hydrogen) atoms. The third-order valence-corrected chi connectivity index (χ3v) is 4.25. The molecule has 1 heterocycles. The van der Waals surface area contributed by atoms with Crippen molar-refractivity contribution in [2.75, 3.05) is 13.2 Å². The zero-order valence-corrected chi connectivity index (χ0v) is 13.0. The van der Waals surface area contributed by atoms with Crippen LogP contribution in [0.4, 0.5) is 0 Å². The van der Waals surface area contributed by atoms with Gasteiger partial charge in [0.2, 0.25) is 0 Å². The van der Waals surface area contributed by atoms with E-state index in [1.165, 1.54) is 31.2 Å². The highest BCUT2D eigenvalue weighted by atomic mass is 16.5. The highest BCUT2D eigenvalue weighted by Crippen LogP contribution is 2.31. The van der Waals surface area contributed by atoms with Gasteiger partial charge in [-0.3, -0.25) is 0 Å². The van der Waals surface area contributed by atoms with Crippen LogP contribution in [0.15, 0.2) is 24.3 Å². The average Bonchev–Trinajstić information content (AvgIpc) is 3.33. The molecule has 2 aliphatic rings. The summed E-state index contributed by atoms with van der Waals surface area (Å²) in [6.07, 6.45) is 7.90. The van der Waals surface area contributed by atoms with E-state index in [0.29, 0.717) is 12.2 Å². The van der Waals surface area contributed by atoms with Crippen molar-refractivity contribution in [3.63, 3.8) is 0 Å². The Morgan fingerprint density at radius 3 is 2.90 bits per heavy atom. The second-order valence-corrected chi connectivity index (χ2v) is 6.23. The van der Waals surface area contributed by atoms with Gasteiger partial charge in [-0.1, -0.05) is 19.1 Å². The molecule has 0 spiro atoms. The highest BCUT2D eigenvalue weighted by Gasteiger charge is 2.27. The van der Waals surface area contributed by atoms with Gasteiger partial charge in [-0.25, -0.2) is 0 Å². The molecular formula is C18H27NO2. The van der Waals surface area contributed by atoms with Crippen LogP contribution in [-0.4, -0.2) is 25.4 Å². The fourth-order valence-electron chi connectivity index (χ4n) is 2.95. The predicted octanol–water partition coefficient (Wildman–Crippen LogP) is 3.84. The van der Waals surface area contributed by atoms with Crippen molar-refractivity contribution < 1.29 is 9.47 Å². The van der Waals surface area contributed by atoms with E-state index in [-0.39, 0.29) is 6.04 Å². The number of benzene rings is 1. The summed E-state index contributed by atoms with van der Waals surface area (Å²) in [5.74, 6) is 1.01. The van der Waals surface area contributed by atoms with Crippen molar-refractivity contribution >= 4 is 0 Å². The second-order valence-electron chi connectivity index (χ2n) is 6.23. The number of hydrogen-bond acceptors (Lipinski definition) is 3. The first-order chi connectivity index (χ1) is 10.4. The van der Waals surface area contributed by atoms with Gasteiger partial charge < -0.3 is 14.8 Å². The molecule has 0 radical (unpaired) electrons. The summed E-state index contributed by atoms with van der Waals surface area (Å²) >= 11 is 0. The largest absolute Gasteiger partial charge is 0.490 e. The van der Waals surface area contributed by atoms with E-state index >= 15 is 0 Å². The fraction of sp³-hybridized carbons (Fsp3) is 0.667. The molecule has 2 fully saturated rings. The van der Waals surface area contributed by atoms with Gasteiger partial charge in [0.25, 0.3) is 0 Å². The van der Waals surface area contributed by atoms with Crippen LogP contribution in [0.5, 0.6) is 5.75 Å². The smallest absolute Gasteiger partial charge is 0.120 e. The Kier molecular flexibility index (Phi) is 5.15. The molecule has 1 saturated carbocycles. The standard InChI is InChI=1S/C18H27NO2/c1-2-11-19-18(17-8-3-4-12-20-17)14-6-5-7-16(13-14)21-15-9-10-15/h5-7,13,15,17-19H,2-4,8-12H2,1H3. The minimum atomic E-state index is 0.285. The van der Waals surface area contributed by atoms with Crippen molar-refractivity contribution in [1.82, 2.24) is 5.32 Å². The molecule has 116 valence electrons. The first-order valence-corrected chi connectivity index (χ1v) is 8.48. The molecule has 1 aromatic rings. The predicted molar refractivity (Wildman–Crippen MR) is 84.7 cm³/mol. The van der Waals surface area contributed by atoms with E-state index < -0.39 is 0 Å². The van der Waals surface area contributed by atoms with Crippen molar-refractivity contribution in [1.29, 1.82) is 0 Å². The van der Waals surface area contributed by atoms with E-state index in [2.05, 4.69) is 36.5 Å². The Morgan fingerprint density at radius 1 is 1.29 bits per heavy atom. The summed E-state index contributed by atoms with van der Waals surface area (Å²) in [7, 11) is 0. The van der Waals surface area contributed by atoms with Crippen LogP contribution in [-0.2, 0) is 4.74 Å². The summed E-state index contributed by atoms with van der Waals surface area (Å²) in [6, 6.07) is 8.86. The molecule has 1 aromatic carbocycles. The lowest BCUT2D eigenvalue weighted by atomic mass is 9.95. The first-order valence-electron chi connectivity index (χ1n) is 8.48. The van der Waals surface area contributed by atoms with Crippen LogP contribution in [0.2, 0.25) is 0 Å². The molecule has 3 nitrogen and oxygen atoms in total. The summed E-state index contributed by atoms with van der Waals surface area (Å²) < 4.78 is 12.0. The number of ether oxygens (including phenoxy) is 2. The Bertz CT molecular complexity index is 439.